The van der Waals surface area contributed by atoms with Crippen molar-refractivity contribution in [3.63, 3.8) is 0 Å². The van der Waals surface area contributed by atoms with Crippen molar-refractivity contribution in [1.29, 1.82) is 0 Å². The first kappa shape index (κ1) is 15.0. The number of hydrogen-bond donors (Lipinski definition) is 0. The summed E-state index contributed by atoms with van der Waals surface area (Å²) in [4.78, 5) is 12.5. The van der Waals surface area contributed by atoms with Gasteiger partial charge in [0.1, 0.15) is 16.6 Å². The third-order valence-electron chi connectivity index (χ3n) is 3.44. The smallest absolute Gasteiger partial charge is 0.341 e. The van der Waals surface area contributed by atoms with Gasteiger partial charge >= 0.3 is 5.97 Å². The number of rotatable bonds is 3. The number of fused-ring (bicyclic) bond motifs is 2. The second kappa shape index (κ2) is 5.81. The molecule has 2 heterocycles. The van der Waals surface area contributed by atoms with Crippen LogP contribution in [0, 0.1) is 6.07 Å². The molecule has 4 aromatic rings. The lowest BCUT2D eigenvalue weighted by Gasteiger charge is -2.09. The van der Waals surface area contributed by atoms with Gasteiger partial charge in [0.2, 0.25) is 0 Å². The Bertz CT molecular complexity index is 1080. The maximum Gasteiger partial charge on any atom is 0.341 e. The van der Waals surface area contributed by atoms with E-state index in [1.165, 1.54) is 0 Å². The highest BCUT2D eigenvalue weighted by molar-refractivity contribution is 7.00. The van der Waals surface area contributed by atoms with E-state index in [-0.39, 0.29) is 11.6 Å². The summed E-state index contributed by atoms with van der Waals surface area (Å²) in [5.74, 6) is -0.478. The van der Waals surface area contributed by atoms with Crippen LogP contribution in [0.15, 0.2) is 22.8 Å². The molecule has 0 aliphatic heterocycles. The van der Waals surface area contributed by atoms with E-state index in [0.29, 0.717) is 38.8 Å². The van der Waals surface area contributed by atoms with Gasteiger partial charge < -0.3 is 4.74 Å². The van der Waals surface area contributed by atoms with Crippen LogP contribution in [-0.4, -0.2) is 31.6 Å². The highest BCUT2D eigenvalue weighted by Gasteiger charge is 2.22. The predicted octanol–water partition coefficient (Wildman–Crippen LogP) is 3.52. The maximum atomic E-state index is 12.5. The van der Waals surface area contributed by atoms with E-state index in [2.05, 4.69) is 25.1 Å². The molecule has 0 saturated heterocycles. The third kappa shape index (κ3) is 2.31. The van der Waals surface area contributed by atoms with Gasteiger partial charge in [-0.15, -0.1) is 0 Å². The van der Waals surface area contributed by atoms with Crippen LogP contribution in [0.2, 0.25) is 5.02 Å². The topological polar surface area (TPSA) is 91.0 Å². The Balaban J connectivity index is 2.00. The second-order valence-electron chi connectivity index (χ2n) is 4.84. The summed E-state index contributed by atoms with van der Waals surface area (Å²) in [6, 6.07) is 8.24. The molecule has 0 atom stereocenters. The largest absolute Gasteiger partial charge is 0.462 e. The van der Waals surface area contributed by atoms with E-state index in [4.69, 9.17) is 21.0 Å². The fraction of sp³-hybridized carbons (Fsp3) is 0.133. The average Bonchev–Trinajstić information content (AvgIpc) is 3.22. The molecule has 2 aromatic carbocycles. The first-order valence-electron chi connectivity index (χ1n) is 6.96. The maximum absolute atomic E-state index is 12.5. The predicted molar refractivity (Wildman–Crippen MR) is 88.0 cm³/mol. The van der Waals surface area contributed by atoms with Crippen molar-refractivity contribution in [2.24, 2.45) is 0 Å². The van der Waals surface area contributed by atoms with Crippen LogP contribution in [0.3, 0.4) is 0 Å². The Morgan fingerprint density at radius 1 is 1.29 bits per heavy atom. The van der Waals surface area contributed by atoms with E-state index in [9.17, 15) is 4.79 Å². The number of carbonyl (C=O) groups is 1. The van der Waals surface area contributed by atoms with Crippen molar-refractivity contribution >= 4 is 51.4 Å². The van der Waals surface area contributed by atoms with Crippen molar-refractivity contribution in [3.8, 4) is 11.1 Å². The number of carbonyl (C=O) groups excluding carboxylic acids is 1. The minimum atomic E-state index is -0.478. The molecule has 0 fully saturated rings. The second-order valence-corrected chi connectivity index (χ2v) is 5.74. The molecule has 4 rings (SSSR count). The Kier molecular flexibility index (Phi) is 3.62. The van der Waals surface area contributed by atoms with Crippen LogP contribution >= 0.6 is 23.3 Å². The van der Waals surface area contributed by atoms with Crippen LogP contribution in [0.25, 0.3) is 33.2 Å². The summed E-state index contributed by atoms with van der Waals surface area (Å²) in [7, 11) is 0. The minimum absolute atomic E-state index is 0.253. The van der Waals surface area contributed by atoms with Gasteiger partial charge in [0, 0.05) is 6.07 Å². The molecule has 2 aromatic heterocycles. The van der Waals surface area contributed by atoms with E-state index in [1.54, 1.807) is 25.1 Å². The SMILES string of the molecule is CCOC(=O)c1c(-c2[c]c(Cl)c3nonc3c2)ccc2nsnc12. The summed E-state index contributed by atoms with van der Waals surface area (Å²) in [6.07, 6.45) is 0. The Labute approximate surface area is 144 Å². The first-order valence-corrected chi connectivity index (χ1v) is 8.06. The zero-order valence-electron chi connectivity index (χ0n) is 12.2. The zero-order chi connectivity index (χ0) is 16.7. The van der Waals surface area contributed by atoms with Gasteiger partial charge in [-0.25, -0.2) is 9.42 Å². The van der Waals surface area contributed by atoms with Gasteiger partial charge in [0.05, 0.1) is 28.9 Å². The fourth-order valence-corrected chi connectivity index (χ4v) is 3.20. The monoisotopic (exact) mass is 359 g/mol. The lowest BCUT2D eigenvalue weighted by Crippen LogP contribution is -2.07. The number of aromatic nitrogens is 4. The van der Waals surface area contributed by atoms with E-state index in [1.807, 2.05) is 0 Å². The standard InChI is InChI=1S/C15H8ClN4O3S/c1-2-22-15(21)12-8(3-4-10-14(12)20-24-19-10)7-5-9(16)13-11(6-7)17-23-18-13/h3-4,6H,2H2,1H3. The Morgan fingerprint density at radius 3 is 3.00 bits per heavy atom. The molecule has 0 aliphatic rings. The summed E-state index contributed by atoms with van der Waals surface area (Å²) < 4.78 is 18.3. The summed E-state index contributed by atoms with van der Waals surface area (Å²) in [6.45, 7) is 2.00. The number of nitrogens with zero attached hydrogens (tertiary/aromatic N) is 4. The van der Waals surface area contributed by atoms with Crippen molar-refractivity contribution in [2.75, 3.05) is 6.61 Å². The normalized spacial score (nSPS) is 11.2. The van der Waals surface area contributed by atoms with Crippen molar-refractivity contribution in [1.82, 2.24) is 19.1 Å². The zero-order valence-corrected chi connectivity index (χ0v) is 13.8. The lowest BCUT2D eigenvalue weighted by atomic mass is 9.98. The molecule has 0 saturated carbocycles. The molecular formula is C15H8ClN4O3S. The molecule has 9 heteroatoms. The summed E-state index contributed by atoms with van der Waals surface area (Å²) in [5.41, 5.74) is 3.48. The molecule has 0 unspecified atom stereocenters. The van der Waals surface area contributed by atoms with Crippen molar-refractivity contribution < 1.29 is 14.2 Å². The van der Waals surface area contributed by atoms with E-state index in [0.717, 1.165) is 11.7 Å². The molecule has 24 heavy (non-hydrogen) atoms. The minimum Gasteiger partial charge on any atom is -0.462 e. The highest BCUT2D eigenvalue weighted by atomic mass is 35.5. The molecule has 0 N–H and O–H groups in total. The van der Waals surface area contributed by atoms with Gasteiger partial charge in [0.15, 0.2) is 5.52 Å². The Morgan fingerprint density at radius 2 is 2.17 bits per heavy atom. The van der Waals surface area contributed by atoms with Gasteiger partial charge in [-0.3, -0.25) is 0 Å². The molecule has 0 spiro atoms. The van der Waals surface area contributed by atoms with Crippen LogP contribution in [0.4, 0.5) is 0 Å². The van der Waals surface area contributed by atoms with Gasteiger partial charge in [-0.1, -0.05) is 17.7 Å². The van der Waals surface area contributed by atoms with E-state index < -0.39 is 5.97 Å². The van der Waals surface area contributed by atoms with Crippen molar-refractivity contribution in [2.45, 2.75) is 6.92 Å². The average molecular weight is 360 g/mol. The number of hydrogen-bond acceptors (Lipinski definition) is 8. The quantitative estimate of drug-likeness (QED) is 0.517. The number of benzene rings is 2. The van der Waals surface area contributed by atoms with Crippen LogP contribution in [0.1, 0.15) is 17.3 Å². The van der Waals surface area contributed by atoms with E-state index >= 15 is 0 Å². The van der Waals surface area contributed by atoms with Gasteiger partial charge in [-0.05, 0) is 40.5 Å². The highest BCUT2D eigenvalue weighted by Crippen LogP contribution is 2.33. The van der Waals surface area contributed by atoms with Crippen molar-refractivity contribution in [3.05, 3.63) is 34.9 Å². The number of esters is 1. The molecular weight excluding hydrogens is 352 g/mol. The Hall–Kier alpha value is -2.58. The number of halogens is 1. The van der Waals surface area contributed by atoms with Crippen LogP contribution in [-0.2, 0) is 4.74 Å². The van der Waals surface area contributed by atoms with Crippen LogP contribution < -0.4 is 0 Å². The first-order chi connectivity index (χ1) is 11.7. The van der Waals surface area contributed by atoms with Gasteiger partial charge in [0.25, 0.3) is 0 Å². The summed E-state index contributed by atoms with van der Waals surface area (Å²) in [5, 5.41) is 7.78. The molecule has 119 valence electrons. The lowest BCUT2D eigenvalue weighted by molar-refractivity contribution is 0.0529. The molecule has 0 bridgehead atoms. The molecule has 0 amide bonds. The van der Waals surface area contributed by atoms with Gasteiger partial charge in [-0.2, -0.15) is 8.75 Å². The molecule has 1 radical (unpaired) electrons. The third-order valence-corrected chi connectivity index (χ3v) is 4.26. The molecule has 0 aliphatic carbocycles. The van der Waals surface area contributed by atoms with Crippen LogP contribution in [0.5, 0.6) is 0 Å². The fourth-order valence-electron chi connectivity index (χ4n) is 2.42. The summed E-state index contributed by atoms with van der Waals surface area (Å²) >= 11 is 7.22. The molecule has 7 nitrogen and oxygen atoms in total. The number of ether oxygens (including phenoxy) is 1.